The number of ether oxygens (including phenoxy) is 2. The van der Waals surface area contributed by atoms with Crippen molar-refractivity contribution in [3.05, 3.63) is 11.3 Å². The zero-order valence-electron chi connectivity index (χ0n) is 23.5. The largest absolute Gasteiger partial charge is 0.382 e. The van der Waals surface area contributed by atoms with E-state index in [1.807, 2.05) is 9.58 Å². The summed E-state index contributed by atoms with van der Waals surface area (Å²) in [6.07, 6.45) is 2.28. The van der Waals surface area contributed by atoms with E-state index in [-0.39, 0.29) is 12.1 Å². The molecule has 36 heavy (non-hydrogen) atoms. The number of carbonyl (C=O) groups excluding carboxylic acids is 1. The van der Waals surface area contributed by atoms with E-state index in [9.17, 15) is 4.79 Å². The molecule has 4 rings (SSSR count). The lowest BCUT2D eigenvalue weighted by Crippen LogP contribution is -2.62. The predicted octanol–water partition coefficient (Wildman–Crippen LogP) is 3.77. The van der Waals surface area contributed by atoms with E-state index in [1.54, 1.807) is 0 Å². The van der Waals surface area contributed by atoms with Crippen molar-refractivity contribution in [1.29, 1.82) is 0 Å². The van der Waals surface area contributed by atoms with E-state index in [0.717, 1.165) is 69.6 Å². The summed E-state index contributed by atoms with van der Waals surface area (Å²) in [6, 6.07) is 1.69. The highest BCUT2D eigenvalue weighted by Crippen LogP contribution is 2.42. The van der Waals surface area contributed by atoms with Crippen molar-refractivity contribution in [2.45, 2.75) is 97.1 Å². The number of hydrogen-bond acceptors (Lipinski definition) is 6. The average Bonchev–Trinajstić information content (AvgIpc) is 3.27. The maximum atomic E-state index is 13.9. The fourth-order valence-corrected chi connectivity index (χ4v) is 6.66. The lowest BCUT2D eigenvalue weighted by molar-refractivity contribution is 0.00789. The highest BCUT2D eigenvalue weighted by Gasteiger charge is 2.47. The van der Waals surface area contributed by atoms with E-state index in [0.29, 0.717) is 31.1 Å². The Morgan fingerprint density at radius 1 is 1.17 bits per heavy atom. The van der Waals surface area contributed by atoms with Gasteiger partial charge >= 0.3 is 6.03 Å². The number of nitrogen functional groups attached to an aromatic ring is 1. The number of urea groups is 1. The molecule has 2 fully saturated rings. The third kappa shape index (κ3) is 5.76. The first kappa shape index (κ1) is 27.4. The quantitative estimate of drug-likeness (QED) is 0.435. The van der Waals surface area contributed by atoms with E-state index in [4.69, 9.17) is 15.2 Å². The Labute approximate surface area is 218 Å². The SMILES string of the molecule is C[C@H]1CN(C(=O)N2Cc3c(N)nn(COCC[Si](C)(C)C)c3C2(C)C)[C@@H](C)CN1CC1CCOCC1. The Bertz CT molecular complexity index is 924. The van der Waals surface area contributed by atoms with E-state index in [2.05, 4.69) is 62.2 Å². The van der Waals surface area contributed by atoms with Gasteiger partial charge in [0.25, 0.3) is 0 Å². The Kier molecular flexibility index (Phi) is 8.09. The van der Waals surface area contributed by atoms with Gasteiger partial charge in [-0.1, -0.05) is 19.6 Å². The first-order chi connectivity index (χ1) is 16.9. The third-order valence-electron chi connectivity index (χ3n) is 8.29. The zero-order valence-corrected chi connectivity index (χ0v) is 24.5. The van der Waals surface area contributed by atoms with Crippen LogP contribution < -0.4 is 5.73 Å². The van der Waals surface area contributed by atoms with Crippen molar-refractivity contribution in [2.75, 3.05) is 45.2 Å². The summed E-state index contributed by atoms with van der Waals surface area (Å²) in [7, 11) is -1.16. The average molecular weight is 521 g/mol. The molecule has 3 aliphatic rings. The lowest BCUT2D eigenvalue weighted by atomic mass is 9.97. The van der Waals surface area contributed by atoms with Gasteiger partial charge in [-0.25, -0.2) is 9.48 Å². The minimum atomic E-state index is -1.16. The number of nitrogens with two attached hydrogens (primary N) is 1. The fraction of sp³-hybridized carbons (Fsp3) is 0.846. The second kappa shape index (κ2) is 10.6. The maximum absolute atomic E-state index is 13.9. The molecular formula is C26H48N6O3Si. The van der Waals surface area contributed by atoms with E-state index < -0.39 is 13.6 Å². The van der Waals surface area contributed by atoms with Gasteiger partial charge in [0.1, 0.15) is 6.73 Å². The van der Waals surface area contributed by atoms with E-state index >= 15 is 0 Å². The number of amides is 2. The molecule has 2 atom stereocenters. The molecular weight excluding hydrogens is 472 g/mol. The first-order valence-electron chi connectivity index (χ1n) is 13.7. The zero-order chi connectivity index (χ0) is 26.3. The second-order valence-corrected chi connectivity index (χ2v) is 18.5. The summed E-state index contributed by atoms with van der Waals surface area (Å²) in [6.45, 7) is 21.8. The molecule has 0 spiro atoms. The standard InChI is InChI=1S/C26H48N6O3Si/c1-19-15-30(20(2)14-29(19)16-21-8-10-34-11-9-21)25(33)31-17-22-23(26(31,3)4)32(28-24(22)27)18-35-12-13-36(5,6)7/h19-21H,8-18H2,1-7H3,(H2,27,28)/t19-,20-/m0/s1. The highest BCUT2D eigenvalue weighted by molar-refractivity contribution is 6.76. The fourth-order valence-electron chi connectivity index (χ4n) is 5.91. The number of carbonyl (C=O) groups is 1. The van der Waals surface area contributed by atoms with Crippen molar-refractivity contribution in [3.63, 3.8) is 0 Å². The van der Waals surface area contributed by atoms with Gasteiger partial charge in [0.2, 0.25) is 0 Å². The van der Waals surface area contributed by atoms with Crippen LogP contribution in [0.1, 0.15) is 51.8 Å². The van der Waals surface area contributed by atoms with Crippen molar-refractivity contribution < 1.29 is 14.3 Å². The van der Waals surface area contributed by atoms with Crippen molar-refractivity contribution in [3.8, 4) is 0 Å². The molecule has 2 amide bonds. The molecule has 0 unspecified atom stereocenters. The van der Waals surface area contributed by atoms with Crippen LogP contribution in [0.5, 0.6) is 0 Å². The molecule has 0 saturated carbocycles. The molecule has 10 heteroatoms. The molecule has 3 aliphatic heterocycles. The topological polar surface area (TPSA) is 89.1 Å². The molecule has 0 aliphatic carbocycles. The molecule has 2 N–H and O–H groups in total. The summed E-state index contributed by atoms with van der Waals surface area (Å²) in [4.78, 5) is 20.6. The van der Waals surface area contributed by atoms with Crippen molar-refractivity contribution in [2.24, 2.45) is 5.92 Å². The monoisotopic (exact) mass is 520 g/mol. The highest BCUT2D eigenvalue weighted by atomic mass is 28.3. The van der Waals surface area contributed by atoms with Crippen LogP contribution in [0.25, 0.3) is 0 Å². The summed E-state index contributed by atoms with van der Waals surface area (Å²) < 4.78 is 13.4. The van der Waals surface area contributed by atoms with Crippen LogP contribution in [-0.4, -0.2) is 90.1 Å². The summed E-state index contributed by atoms with van der Waals surface area (Å²) in [5.74, 6) is 1.20. The van der Waals surface area contributed by atoms with Gasteiger partial charge in [-0.2, -0.15) is 5.10 Å². The molecule has 1 aromatic rings. The lowest BCUT2D eigenvalue weighted by Gasteiger charge is -2.47. The minimum Gasteiger partial charge on any atom is -0.382 e. The van der Waals surface area contributed by atoms with Crippen LogP contribution in [-0.2, 0) is 28.3 Å². The van der Waals surface area contributed by atoms with Gasteiger partial charge in [0.05, 0.1) is 17.8 Å². The van der Waals surface area contributed by atoms with Crippen LogP contribution in [0.2, 0.25) is 25.7 Å². The van der Waals surface area contributed by atoms with Gasteiger partial charge in [0.15, 0.2) is 5.82 Å². The molecule has 0 radical (unpaired) electrons. The second-order valence-electron chi connectivity index (χ2n) is 12.8. The Hall–Kier alpha value is -1.62. The van der Waals surface area contributed by atoms with Gasteiger partial charge in [-0.15, -0.1) is 0 Å². The molecule has 9 nitrogen and oxygen atoms in total. The number of anilines is 1. The predicted molar refractivity (Wildman–Crippen MR) is 145 cm³/mol. The smallest absolute Gasteiger partial charge is 0.321 e. The van der Waals surface area contributed by atoms with Crippen LogP contribution >= 0.6 is 0 Å². The number of nitrogens with zero attached hydrogens (tertiary/aromatic N) is 5. The number of hydrogen-bond donors (Lipinski definition) is 1. The minimum absolute atomic E-state index is 0.0897. The van der Waals surface area contributed by atoms with Gasteiger partial charge < -0.3 is 25.0 Å². The number of fused-ring (bicyclic) bond motifs is 1. The van der Waals surface area contributed by atoms with Crippen molar-refractivity contribution >= 4 is 19.9 Å². The van der Waals surface area contributed by atoms with Crippen LogP contribution in [0.15, 0.2) is 0 Å². The first-order valence-corrected chi connectivity index (χ1v) is 17.4. The number of rotatable bonds is 7. The Morgan fingerprint density at radius 3 is 2.53 bits per heavy atom. The van der Waals surface area contributed by atoms with Gasteiger partial charge in [0, 0.05) is 65.2 Å². The van der Waals surface area contributed by atoms with Crippen LogP contribution in [0, 0.1) is 5.92 Å². The third-order valence-corrected chi connectivity index (χ3v) is 9.99. The molecule has 4 heterocycles. The molecule has 204 valence electrons. The summed E-state index contributed by atoms with van der Waals surface area (Å²) >= 11 is 0. The molecule has 2 saturated heterocycles. The molecule has 0 aromatic carbocycles. The van der Waals surface area contributed by atoms with Crippen LogP contribution in [0.4, 0.5) is 10.6 Å². The Balaban J connectivity index is 1.41. The maximum Gasteiger partial charge on any atom is 0.321 e. The number of aromatic nitrogens is 2. The van der Waals surface area contributed by atoms with Crippen LogP contribution in [0.3, 0.4) is 0 Å². The Morgan fingerprint density at radius 2 is 1.86 bits per heavy atom. The normalized spacial score (nSPS) is 25.4. The van der Waals surface area contributed by atoms with Crippen molar-refractivity contribution in [1.82, 2.24) is 24.5 Å². The molecule has 1 aromatic heterocycles. The van der Waals surface area contributed by atoms with E-state index in [1.165, 1.54) is 0 Å². The van der Waals surface area contributed by atoms with Gasteiger partial charge in [-0.05, 0) is 52.5 Å². The summed E-state index contributed by atoms with van der Waals surface area (Å²) in [5.41, 5.74) is 7.78. The van der Waals surface area contributed by atoms with Gasteiger partial charge in [-0.3, -0.25) is 4.90 Å². The summed E-state index contributed by atoms with van der Waals surface area (Å²) in [5, 5.41) is 4.57. The number of piperazine rings is 1. The molecule has 0 bridgehead atoms.